The summed E-state index contributed by atoms with van der Waals surface area (Å²) in [5.41, 5.74) is 6.48. The van der Waals surface area contributed by atoms with Crippen molar-refractivity contribution >= 4 is 10.8 Å². The van der Waals surface area contributed by atoms with E-state index in [0.29, 0.717) is 18.3 Å². The summed E-state index contributed by atoms with van der Waals surface area (Å²) in [5.74, 6) is 2.18. The molecule has 0 spiro atoms. The number of hydrogen-bond donors (Lipinski definition) is 1. The maximum atomic E-state index is 5.90. The van der Waals surface area contributed by atoms with Gasteiger partial charge in [0.05, 0.1) is 6.61 Å². The largest absolute Gasteiger partial charge is 0.494 e. The summed E-state index contributed by atoms with van der Waals surface area (Å²) >= 11 is 0. The number of nitrogens with zero attached hydrogens (tertiary/aromatic N) is 2. The molecule has 27 heavy (non-hydrogen) atoms. The SMILES string of the molecule is CCCCCCCOc1ccc2cc(-c3noc(CCCN)n3)ccc2c1. The fraction of sp³-hybridized carbons (Fsp3) is 0.455. The van der Waals surface area contributed by atoms with Crippen molar-refractivity contribution in [3.05, 3.63) is 42.3 Å². The van der Waals surface area contributed by atoms with Gasteiger partial charge < -0.3 is 15.0 Å². The second-order valence-electron chi connectivity index (χ2n) is 6.89. The summed E-state index contributed by atoms with van der Waals surface area (Å²) in [6.45, 7) is 3.63. The molecule has 0 aliphatic rings. The lowest BCUT2D eigenvalue weighted by Gasteiger charge is -2.08. The summed E-state index contributed by atoms with van der Waals surface area (Å²) in [4.78, 5) is 4.46. The smallest absolute Gasteiger partial charge is 0.227 e. The van der Waals surface area contributed by atoms with Crippen molar-refractivity contribution < 1.29 is 9.26 Å². The molecule has 2 N–H and O–H groups in total. The number of ether oxygens (including phenoxy) is 1. The highest BCUT2D eigenvalue weighted by molar-refractivity contribution is 5.87. The topological polar surface area (TPSA) is 74.2 Å². The summed E-state index contributed by atoms with van der Waals surface area (Å²) in [5, 5.41) is 6.37. The fourth-order valence-electron chi connectivity index (χ4n) is 3.08. The molecule has 2 aromatic carbocycles. The van der Waals surface area contributed by atoms with Gasteiger partial charge in [-0.05, 0) is 48.4 Å². The fourth-order valence-corrected chi connectivity index (χ4v) is 3.08. The van der Waals surface area contributed by atoms with Crippen LogP contribution in [0.3, 0.4) is 0 Å². The van der Waals surface area contributed by atoms with Gasteiger partial charge >= 0.3 is 0 Å². The lowest BCUT2D eigenvalue weighted by atomic mass is 10.1. The summed E-state index contributed by atoms with van der Waals surface area (Å²) in [7, 11) is 0. The monoisotopic (exact) mass is 367 g/mol. The number of aryl methyl sites for hydroxylation is 1. The van der Waals surface area contributed by atoms with Gasteiger partial charge in [-0.1, -0.05) is 56.0 Å². The van der Waals surface area contributed by atoms with Crippen molar-refractivity contribution in [2.45, 2.75) is 51.9 Å². The zero-order valence-electron chi connectivity index (χ0n) is 16.1. The molecule has 3 aromatic rings. The van der Waals surface area contributed by atoms with Crippen molar-refractivity contribution in [1.82, 2.24) is 10.1 Å². The van der Waals surface area contributed by atoms with Gasteiger partial charge in [0.25, 0.3) is 0 Å². The van der Waals surface area contributed by atoms with Gasteiger partial charge in [0.15, 0.2) is 0 Å². The van der Waals surface area contributed by atoms with Gasteiger partial charge in [-0.2, -0.15) is 4.98 Å². The van der Waals surface area contributed by atoms with E-state index in [1.54, 1.807) is 0 Å². The number of unbranched alkanes of at least 4 members (excludes halogenated alkanes) is 4. The molecule has 1 heterocycles. The predicted molar refractivity (Wildman–Crippen MR) is 109 cm³/mol. The minimum absolute atomic E-state index is 0.622. The molecule has 0 saturated heterocycles. The molecule has 0 unspecified atom stereocenters. The molecule has 0 aliphatic heterocycles. The summed E-state index contributed by atoms with van der Waals surface area (Å²) < 4.78 is 11.2. The van der Waals surface area contributed by atoms with E-state index in [4.69, 9.17) is 15.0 Å². The quantitative estimate of drug-likeness (QED) is 0.476. The van der Waals surface area contributed by atoms with Gasteiger partial charge in [0, 0.05) is 12.0 Å². The maximum Gasteiger partial charge on any atom is 0.227 e. The second-order valence-corrected chi connectivity index (χ2v) is 6.89. The molecule has 0 radical (unpaired) electrons. The Bertz CT molecular complexity index is 844. The third-order valence-corrected chi connectivity index (χ3v) is 4.65. The minimum Gasteiger partial charge on any atom is -0.494 e. The van der Waals surface area contributed by atoms with E-state index in [9.17, 15) is 0 Å². The van der Waals surface area contributed by atoms with E-state index in [1.165, 1.54) is 25.7 Å². The standard InChI is InChI=1S/C22H29N3O2/c1-2-3-4-5-6-14-26-20-12-11-17-15-19(10-9-18(17)16-20)22-24-21(27-25-22)8-7-13-23/h9-12,15-16H,2-8,13-14,23H2,1H3. The van der Waals surface area contributed by atoms with E-state index in [1.807, 2.05) is 12.1 Å². The molecule has 5 heteroatoms. The molecule has 144 valence electrons. The zero-order chi connectivity index (χ0) is 18.9. The third-order valence-electron chi connectivity index (χ3n) is 4.65. The van der Waals surface area contributed by atoms with E-state index in [-0.39, 0.29) is 0 Å². The van der Waals surface area contributed by atoms with Crippen LogP contribution < -0.4 is 10.5 Å². The lowest BCUT2D eigenvalue weighted by Crippen LogP contribution is -2.00. The van der Waals surface area contributed by atoms with Crippen molar-refractivity contribution in [3.8, 4) is 17.1 Å². The lowest BCUT2D eigenvalue weighted by molar-refractivity contribution is 0.305. The van der Waals surface area contributed by atoms with Crippen molar-refractivity contribution in [2.24, 2.45) is 5.73 Å². The zero-order valence-corrected chi connectivity index (χ0v) is 16.1. The van der Waals surface area contributed by atoms with Gasteiger partial charge in [-0.25, -0.2) is 0 Å². The van der Waals surface area contributed by atoms with E-state index in [0.717, 1.165) is 48.0 Å². The van der Waals surface area contributed by atoms with Crippen LogP contribution in [0, 0.1) is 0 Å². The van der Waals surface area contributed by atoms with E-state index >= 15 is 0 Å². The predicted octanol–water partition coefficient (Wildman–Crippen LogP) is 5.13. The second kappa shape index (κ2) is 10.1. The number of hydrogen-bond acceptors (Lipinski definition) is 5. The van der Waals surface area contributed by atoms with Crippen LogP contribution in [0.5, 0.6) is 5.75 Å². The van der Waals surface area contributed by atoms with Crippen LogP contribution in [-0.4, -0.2) is 23.3 Å². The molecule has 5 nitrogen and oxygen atoms in total. The Morgan fingerprint density at radius 2 is 1.78 bits per heavy atom. The van der Waals surface area contributed by atoms with Crippen LogP contribution in [0.1, 0.15) is 51.3 Å². The first-order valence-corrected chi connectivity index (χ1v) is 10.00. The van der Waals surface area contributed by atoms with Crippen LogP contribution in [-0.2, 0) is 6.42 Å². The van der Waals surface area contributed by atoms with Crippen LogP contribution in [0.25, 0.3) is 22.2 Å². The van der Waals surface area contributed by atoms with Crippen molar-refractivity contribution in [3.63, 3.8) is 0 Å². The molecule has 0 saturated carbocycles. The Morgan fingerprint density at radius 1 is 0.963 bits per heavy atom. The van der Waals surface area contributed by atoms with Gasteiger partial charge in [0.1, 0.15) is 5.75 Å². The first-order chi connectivity index (χ1) is 13.3. The average molecular weight is 367 g/mol. The molecule has 0 amide bonds. The summed E-state index contributed by atoms with van der Waals surface area (Å²) in [6.07, 6.45) is 7.80. The molecule has 3 rings (SSSR count). The molecule has 0 aliphatic carbocycles. The van der Waals surface area contributed by atoms with Crippen LogP contribution in [0.4, 0.5) is 0 Å². The Morgan fingerprint density at radius 3 is 2.63 bits per heavy atom. The van der Waals surface area contributed by atoms with Crippen LogP contribution in [0.15, 0.2) is 40.9 Å². The molecular formula is C22H29N3O2. The molecule has 1 aromatic heterocycles. The van der Waals surface area contributed by atoms with Crippen molar-refractivity contribution in [1.29, 1.82) is 0 Å². The minimum atomic E-state index is 0.622. The normalized spacial score (nSPS) is 11.2. The summed E-state index contributed by atoms with van der Waals surface area (Å²) in [6, 6.07) is 12.4. The van der Waals surface area contributed by atoms with Gasteiger partial charge in [-0.15, -0.1) is 0 Å². The number of rotatable bonds is 11. The number of fused-ring (bicyclic) bond motifs is 1. The van der Waals surface area contributed by atoms with Crippen molar-refractivity contribution in [2.75, 3.05) is 13.2 Å². The first kappa shape index (κ1) is 19.4. The maximum absolute atomic E-state index is 5.90. The number of nitrogens with two attached hydrogens (primary N) is 1. The molecule has 0 bridgehead atoms. The van der Waals surface area contributed by atoms with Crippen LogP contribution in [0.2, 0.25) is 0 Å². The number of aromatic nitrogens is 2. The highest BCUT2D eigenvalue weighted by Gasteiger charge is 2.09. The Balaban J connectivity index is 1.62. The molecule has 0 atom stereocenters. The number of benzene rings is 2. The highest BCUT2D eigenvalue weighted by Crippen LogP contribution is 2.26. The van der Waals surface area contributed by atoms with Gasteiger partial charge in [-0.3, -0.25) is 0 Å². The average Bonchev–Trinajstić information content (AvgIpc) is 3.17. The van der Waals surface area contributed by atoms with Crippen LogP contribution >= 0.6 is 0 Å². The van der Waals surface area contributed by atoms with E-state index in [2.05, 4.69) is 41.3 Å². The Labute approximate surface area is 160 Å². The van der Waals surface area contributed by atoms with Gasteiger partial charge in [0.2, 0.25) is 11.7 Å². The Kier molecular flexibility index (Phi) is 7.22. The first-order valence-electron chi connectivity index (χ1n) is 10.00. The Hall–Kier alpha value is -2.40. The molecule has 0 fully saturated rings. The third kappa shape index (κ3) is 5.54. The molecular weight excluding hydrogens is 338 g/mol. The van der Waals surface area contributed by atoms with E-state index < -0.39 is 0 Å². The highest BCUT2D eigenvalue weighted by atomic mass is 16.5.